The molecule has 5 rings (SSSR count). The van der Waals surface area contributed by atoms with Gasteiger partial charge in [0.2, 0.25) is 5.95 Å². The van der Waals surface area contributed by atoms with Gasteiger partial charge in [0.1, 0.15) is 12.4 Å². The second-order valence-electron chi connectivity index (χ2n) is 10.0. The van der Waals surface area contributed by atoms with Gasteiger partial charge in [0.05, 0.1) is 29.5 Å². The lowest BCUT2D eigenvalue weighted by atomic mass is 9.99. The van der Waals surface area contributed by atoms with Crippen LogP contribution in [0.5, 0.6) is 5.75 Å². The number of aliphatic hydroxyl groups excluding tert-OH is 1. The maximum atomic E-state index is 14.2. The van der Waals surface area contributed by atoms with Crippen LogP contribution in [0.3, 0.4) is 0 Å². The number of piperidine rings is 1. The average molecular weight is 500 g/mol. The molecule has 8 nitrogen and oxygen atoms in total. The topological polar surface area (TPSA) is 94.6 Å². The molecule has 192 valence electrons. The van der Waals surface area contributed by atoms with Crippen LogP contribution in [0.2, 0.25) is 0 Å². The maximum absolute atomic E-state index is 14.2. The molecule has 0 radical (unpaired) electrons. The number of hydrogen-bond donors (Lipinski definition) is 1. The number of nitrogens with zero attached hydrogens (tertiary/aromatic N) is 5. The Kier molecular flexibility index (Phi) is 7.26. The number of ether oxygens (including phenoxy) is 1. The van der Waals surface area contributed by atoms with Crippen molar-refractivity contribution in [1.29, 1.82) is 5.26 Å². The fourth-order valence-corrected chi connectivity index (χ4v) is 5.04. The van der Waals surface area contributed by atoms with Gasteiger partial charge in [0.25, 0.3) is 5.56 Å². The number of rotatable bonds is 8. The van der Waals surface area contributed by atoms with Crippen LogP contribution in [0.4, 0.5) is 5.95 Å². The molecular weight excluding hydrogens is 466 g/mol. The van der Waals surface area contributed by atoms with Gasteiger partial charge in [-0.05, 0) is 69.6 Å². The Labute approximate surface area is 217 Å². The zero-order valence-corrected chi connectivity index (χ0v) is 21.4. The van der Waals surface area contributed by atoms with Crippen LogP contribution in [-0.4, -0.2) is 66.0 Å². The highest BCUT2D eigenvalue weighted by Crippen LogP contribution is 2.39. The fraction of sp³-hybridized carbons (Fsp3) is 0.414. The van der Waals surface area contributed by atoms with E-state index in [1.807, 2.05) is 41.0 Å². The summed E-state index contributed by atoms with van der Waals surface area (Å²) >= 11 is 0. The van der Waals surface area contributed by atoms with E-state index in [4.69, 9.17) is 14.8 Å². The first-order valence-electron chi connectivity index (χ1n) is 12.9. The Morgan fingerprint density at radius 1 is 1.03 bits per heavy atom. The van der Waals surface area contributed by atoms with Gasteiger partial charge in [0, 0.05) is 30.7 Å². The lowest BCUT2D eigenvalue weighted by Gasteiger charge is -2.37. The monoisotopic (exact) mass is 499 g/mol. The minimum atomic E-state index is -0.0616. The Hall–Kier alpha value is -3.67. The van der Waals surface area contributed by atoms with Crippen LogP contribution in [0, 0.1) is 11.3 Å². The number of benzene rings is 2. The van der Waals surface area contributed by atoms with Crippen LogP contribution in [-0.2, 0) is 0 Å². The summed E-state index contributed by atoms with van der Waals surface area (Å²) in [5.41, 5.74) is 3.27. The van der Waals surface area contributed by atoms with E-state index in [1.54, 1.807) is 12.1 Å². The standard InChI is InChI=1S/C29H33N5O3/c1-32(2)23-13-15-33(16-14-23)29-31-27(22-5-3-20(19-30)4-6-22)26(28(36)34(29)24-9-10-24)21-7-11-25(12-8-21)37-18-17-35/h3-8,11-12,23-24,35H,9-10,13-18H2,1-2H3. The number of anilines is 1. The van der Waals surface area contributed by atoms with Crippen molar-refractivity contribution >= 4 is 5.95 Å². The first-order chi connectivity index (χ1) is 18.0. The third kappa shape index (κ3) is 5.24. The summed E-state index contributed by atoms with van der Waals surface area (Å²) in [6, 6.07) is 17.5. The number of aliphatic hydroxyl groups is 1. The predicted molar refractivity (Wildman–Crippen MR) is 144 cm³/mol. The van der Waals surface area contributed by atoms with Crippen LogP contribution >= 0.6 is 0 Å². The minimum absolute atomic E-state index is 0.0365. The molecule has 1 aliphatic heterocycles. The Bertz CT molecular complexity index is 1330. The van der Waals surface area contributed by atoms with Gasteiger partial charge in [-0.3, -0.25) is 9.36 Å². The summed E-state index contributed by atoms with van der Waals surface area (Å²) in [6.45, 7) is 1.86. The van der Waals surface area contributed by atoms with Crippen molar-refractivity contribution in [3.63, 3.8) is 0 Å². The molecule has 1 aromatic heterocycles. The third-order valence-electron chi connectivity index (χ3n) is 7.28. The van der Waals surface area contributed by atoms with E-state index in [0.29, 0.717) is 28.6 Å². The maximum Gasteiger partial charge on any atom is 0.263 e. The van der Waals surface area contributed by atoms with E-state index in [1.165, 1.54) is 0 Å². The largest absolute Gasteiger partial charge is 0.491 e. The fourth-order valence-electron chi connectivity index (χ4n) is 5.04. The van der Waals surface area contributed by atoms with Gasteiger partial charge >= 0.3 is 0 Å². The van der Waals surface area contributed by atoms with Gasteiger partial charge < -0.3 is 19.6 Å². The summed E-state index contributed by atoms with van der Waals surface area (Å²) in [7, 11) is 4.24. The van der Waals surface area contributed by atoms with Crippen LogP contribution in [0.15, 0.2) is 53.3 Å². The van der Waals surface area contributed by atoms with Crippen molar-refractivity contribution in [2.45, 2.75) is 37.8 Å². The second-order valence-corrected chi connectivity index (χ2v) is 10.0. The van der Waals surface area contributed by atoms with E-state index in [0.717, 1.165) is 55.8 Å². The summed E-state index contributed by atoms with van der Waals surface area (Å²) in [5, 5.41) is 18.3. The zero-order chi connectivity index (χ0) is 25.9. The van der Waals surface area contributed by atoms with E-state index in [-0.39, 0.29) is 24.8 Å². The Balaban J connectivity index is 1.64. The molecule has 1 aliphatic carbocycles. The molecule has 3 aromatic rings. The van der Waals surface area contributed by atoms with Crippen LogP contribution < -0.4 is 15.2 Å². The molecule has 0 spiro atoms. The van der Waals surface area contributed by atoms with Crippen molar-refractivity contribution in [2.24, 2.45) is 0 Å². The lowest BCUT2D eigenvalue weighted by molar-refractivity contribution is 0.201. The van der Waals surface area contributed by atoms with Gasteiger partial charge in [-0.15, -0.1) is 0 Å². The van der Waals surface area contributed by atoms with Crippen molar-refractivity contribution < 1.29 is 9.84 Å². The molecule has 8 heteroatoms. The smallest absolute Gasteiger partial charge is 0.263 e. The predicted octanol–water partition coefficient (Wildman–Crippen LogP) is 3.69. The van der Waals surface area contributed by atoms with E-state index >= 15 is 0 Å². The van der Waals surface area contributed by atoms with E-state index < -0.39 is 0 Å². The minimum Gasteiger partial charge on any atom is -0.491 e. The molecule has 1 saturated heterocycles. The molecule has 0 amide bonds. The molecule has 0 atom stereocenters. The normalized spacial score (nSPS) is 16.1. The molecule has 2 fully saturated rings. The van der Waals surface area contributed by atoms with E-state index in [2.05, 4.69) is 30.0 Å². The first kappa shape index (κ1) is 25.0. The van der Waals surface area contributed by atoms with Gasteiger partial charge in [-0.2, -0.15) is 5.26 Å². The summed E-state index contributed by atoms with van der Waals surface area (Å²) in [4.78, 5) is 24.0. The van der Waals surface area contributed by atoms with Crippen LogP contribution in [0.25, 0.3) is 22.4 Å². The highest BCUT2D eigenvalue weighted by atomic mass is 16.5. The number of hydrogen-bond acceptors (Lipinski definition) is 7. The lowest BCUT2D eigenvalue weighted by Crippen LogP contribution is -2.44. The third-order valence-corrected chi connectivity index (χ3v) is 7.28. The zero-order valence-electron chi connectivity index (χ0n) is 21.4. The summed E-state index contributed by atoms with van der Waals surface area (Å²) < 4.78 is 7.43. The van der Waals surface area contributed by atoms with Gasteiger partial charge in [-0.25, -0.2) is 4.98 Å². The summed E-state index contributed by atoms with van der Waals surface area (Å²) in [6.07, 6.45) is 4.01. The first-order valence-corrected chi connectivity index (χ1v) is 12.9. The van der Waals surface area contributed by atoms with Crippen LogP contribution in [0.1, 0.15) is 37.3 Å². The number of nitriles is 1. The molecule has 0 bridgehead atoms. The van der Waals surface area contributed by atoms with Gasteiger partial charge in [0.15, 0.2) is 0 Å². The highest BCUT2D eigenvalue weighted by Gasteiger charge is 2.33. The van der Waals surface area contributed by atoms with Crippen molar-refractivity contribution in [2.75, 3.05) is 45.3 Å². The molecule has 2 aromatic carbocycles. The number of aromatic nitrogens is 2. The van der Waals surface area contributed by atoms with Gasteiger partial charge in [-0.1, -0.05) is 24.3 Å². The Morgan fingerprint density at radius 2 is 1.68 bits per heavy atom. The summed E-state index contributed by atoms with van der Waals surface area (Å²) in [5.74, 6) is 1.38. The molecule has 1 saturated carbocycles. The average Bonchev–Trinajstić information content (AvgIpc) is 3.77. The quantitative estimate of drug-likeness (QED) is 0.505. The SMILES string of the molecule is CN(C)C1CCN(c2nc(-c3ccc(C#N)cc3)c(-c3ccc(OCCO)cc3)c(=O)n2C2CC2)CC1. The molecule has 1 N–H and O–H groups in total. The Morgan fingerprint density at radius 3 is 2.24 bits per heavy atom. The molecule has 2 aliphatic rings. The molecular formula is C29H33N5O3. The molecule has 0 unspecified atom stereocenters. The van der Waals surface area contributed by atoms with Crippen molar-refractivity contribution in [3.05, 3.63) is 64.4 Å². The van der Waals surface area contributed by atoms with Crippen molar-refractivity contribution in [3.8, 4) is 34.2 Å². The molecule has 2 heterocycles. The highest BCUT2D eigenvalue weighted by molar-refractivity contribution is 5.81. The molecule has 37 heavy (non-hydrogen) atoms. The second kappa shape index (κ2) is 10.8. The van der Waals surface area contributed by atoms with Crippen molar-refractivity contribution in [1.82, 2.24) is 14.5 Å². The van der Waals surface area contributed by atoms with E-state index in [9.17, 15) is 10.1 Å².